The molecule has 0 radical (unpaired) electrons. The highest BCUT2D eigenvalue weighted by molar-refractivity contribution is 7.10. The first kappa shape index (κ1) is 17.6. The predicted octanol–water partition coefficient (Wildman–Crippen LogP) is 2.54. The zero-order valence-corrected chi connectivity index (χ0v) is 15.3. The van der Waals surface area contributed by atoms with Crippen molar-refractivity contribution in [2.75, 3.05) is 27.1 Å². The van der Waals surface area contributed by atoms with Crippen LogP contribution in [0.5, 0.6) is 11.5 Å². The number of Topliss-reactive ketones (excluding diaryl/α,β-unsaturated/α-hetero) is 1. The predicted molar refractivity (Wildman–Crippen MR) is 97.8 cm³/mol. The van der Waals surface area contributed by atoms with E-state index in [2.05, 4.69) is 0 Å². The van der Waals surface area contributed by atoms with Crippen molar-refractivity contribution < 1.29 is 28.9 Å². The number of carbonyl (C=O) groups excluding carboxylic acids is 2. The molecule has 1 atom stereocenters. The molecule has 1 saturated heterocycles. The molecule has 8 heteroatoms. The molecule has 2 aliphatic heterocycles. The largest absolute Gasteiger partial charge is 0.507 e. The van der Waals surface area contributed by atoms with Crippen LogP contribution in [0.15, 0.2) is 41.3 Å². The van der Waals surface area contributed by atoms with Crippen molar-refractivity contribution in [3.8, 4) is 11.5 Å². The average molecular weight is 387 g/mol. The number of hydrogen-bond donors (Lipinski definition) is 1. The molecule has 1 fully saturated rings. The SMILES string of the molecule is COCCN1C(=O)C(=O)/C(=C(\O)c2ccc3c(c2)OCO3)C1c1cccs1. The number of thiophene rings is 1. The fourth-order valence-electron chi connectivity index (χ4n) is 3.24. The van der Waals surface area contributed by atoms with E-state index in [0.29, 0.717) is 23.7 Å². The molecule has 2 aromatic rings. The number of amides is 1. The van der Waals surface area contributed by atoms with Crippen LogP contribution in [0, 0.1) is 0 Å². The van der Waals surface area contributed by atoms with Crippen LogP contribution in [0.2, 0.25) is 0 Å². The Bertz CT molecular complexity index is 920. The zero-order chi connectivity index (χ0) is 19.0. The number of benzene rings is 1. The number of aliphatic hydroxyl groups excluding tert-OH is 1. The molecule has 4 rings (SSSR count). The van der Waals surface area contributed by atoms with Crippen LogP contribution in [-0.4, -0.2) is 48.8 Å². The smallest absolute Gasteiger partial charge is 0.295 e. The van der Waals surface area contributed by atoms with Gasteiger partial charge in [0.2, 0.25) is 6.79 Å². The lowest BCUT2D eigenvalue weighted by atomic mass is 9.99. The lowest BCUT2D eigenvalue weighted by Crippen LogP contribution is -2.32. The van der Waals surface area contributed by atoms with Gasteiger partial charge < -0.3 is 24.2 Å². The Labute approximate surface area is 159 Å². The molecule has 0 bridgehead atoms. The Kier molecular flexibility index (Phi) is 4.59. The number of fused-ring (bicyclic) bond motifs is 1. The van der Waals surface area contributed by atoms with E-state index < -0.39 is 17.7 Å². The van der Waals surface area contributed by atoms with Crippen molar-refractivity contribution in [1.82, 2.24) is 4.90 Å². The molecule has 0 aliphatic carbocycles. The molecule has 2 aliphatic rings. The minimum absolute atomic E-state index is 0.0671. The van der Waals surface area contributed by atoms with Crippen LogP contribution >= 0.6 is 11.3 Å². The van der Waals surface area contributed by atoms with E-state index in [-0.39, 0.29) is 24.7 Å². The van der Waals surface area contributed by atoms with Crippen LogP contribution < -0.4 is 9.47 Å². The van der Waals surface area contributed by atoms with Gasteiger partial charge in [-0.15, -0.1) is 11.3 Å². The van der Waals surface area contributed by atoms with Crippen LogP contribution in [0.3, 0.4) is 0 Å². The standard InChI is InChI=1S/C19H17NO6S/c1-24-7-6-20-16(14-3-2-8-27-14)15(18(22)19(20)23)17(21)11-4-5-12-13(9-11)26-10-25-12/h2-5,8-9,16,21H,6-7,10H2,1H3/b17-15-. The third kappa shape index (κ3) is 2.96. The van der Waals surface area contributed by atoms with E-state index in [1.54, 1.807) is 18.2 Å². The van der Waals surface area contributed by atoms with E-state index in [1.807, 2.05) is 17.5 Å². The molecule has 1 N–H and O–H groups in total. The summed E-state index contributed by atoms with van der Waals surface area (Å²) in [4.78, 5) is 27.6. The third-order valence-electron chi connectivity index (χ3n) is 4.53. The minimum atomic E-state index is -0.709. The van der Waals surface area contributed by atoms with E-state index >= 15 is 0 Å². The Balaban J connectivity index is 1.81. The third-order valence-corrected chi connectivity index (χ3v) is 5.46. The van der Waals surface area contributed by atoms with Crippen LogP contribution in [0.4, 0.5) is 0 Å². The first-order valence-corrected chi connectivity index (χ1v) is 9.20. The summed E-state index contributed by atoms with van der Waals surface area (Å²) >= 11 is 1.42. The molecule has 3 heterocycles. The van der Waals surface area contributed by atoms with Gasteiger partial charge in [0, 0.05) is 24.1 Å². The number of methoxy groups -OCH3 is 1. The summed E-state index contributed by atoms with van der Waals surface area (Å²) in [6.45, 7) is 0.649. The van der Waals surface area contributed by atoms with Crippen LogP contribution in [-0.2, 0) is 14.3 Å². The van der Waals surface area contributed by atoms with Gasteiger partial charge >= 0.3 is 0 Å². The summed E-state index contributed by atoms with van der Waals surface area (Å²) in [6.07, 6.45) is 0. The van der Waals surface area contributed by atoms with Gasteiger partial charge in [0.25, 0.3) is 11.7 Å². The van der Waals surface area contributed by atoms with Crippen molar-refractivity contribution in [2.45, 2.75) is 6.04 Å². The Hall–Kier alpha value is -2.84. The monoisotopic (exact) mass is 387 g/mol. The molecule has 7 nitrogen and oxygen atoms in total. The first-order valence-electron chi connectivity index (χ1n) is 8.32. The van der Waals surface area contributed by atoms with Gasteiger partial charge in [0.1, 0.15) is 5.76 Å². The second kappa shape index (κ2) is 7.05. The highest BCUT2D eigenvalue weighted by Gasteiger charge is 2.46. The summed E-state index contributed by atoms with van der Waals surface area (Å²) in [5.74, 6) is -0.528. The van der Waals surface area contributed by atoms with Crippen molar-refractivity contribution in [3.05, 3.63) is 51.7 Å². The number of nitrogens with zero attached hydrogens (tertiary/aromatic N) is 1. The van der Waals surface area contributed by atoms with Gasteiger partial charge in [0.15, 0.2) is 11.5 Å². The fourth-order valence-corrected chi connectivity index (χ4v) is 4.09. The molecule has 140 valence electrons. The molecule has 1 amide bonds. The van der Waals surface area contributed by atoms with Gasteiger partial charge in [-0.2, -0.15) is 0 Å². The maximum Gasteiger partial charge on any atom is 0.295 e. The van der Waals surface area contributed by atoms with Crippen molar-refractivity contribution in [2.24, 2.45) is 0 Å². The molecule has 27 heavy (non-hydrogen) atoms. The maximum atomic E-state index is 12.7. The second-order valence-corrected chi connectivity index (χ2v) is 7.05. The van der Waals surface area contributed by atoms with E-state index in [4.69, 9.17) is 14.2 Å². The lowest BCUT2D eigenvalue weighted by molar-refractivity contribution is -0.140. The van der Waals surface area contributed by atoms with Crippen molar-refractivity contribution in [1.29, 1.82) is 0 Å². The molecule has 1 unspecified atom stereocenters. The van der Waals surface area contributed by atoms with E-state index in [0.717, 1.165) is 4.88 Å². The summed E-state index contributed by atoms with van der Waals surface area (Å²) in [7, 11) is 1.53. The highest BCUT2D eigenvalue weighted by atomic mass is 32.1. The lowest BCUT2D eigenvalue weighted by Gasteiger charge is -2.23. The topological polar surface area (TPSA) is 85.3 Å². The number of hydrogen-bond acceptors (Lipinski definition) is 7. The summed E-state index contributed by atoms with van der Waals surface area (Å²) < 4.78 is 15.7. The van der Waals surface area contributed by atoms with Gasteiger partial charge in [-0.25, -0.2) is 0 Å². The van der Waals surface area contributed by atoms with Crippen LogP contribution in [0.1, 0.15) is 16.5 Å². The molecule has 1 aromatic carbocycles. The minimum Gasteiger partial charge on any atom is -0.507 e. The molecule has 0 saturated carbocycles. The number of likely N-dealkylation sites (tertiary alicyclic amines) is 1. The van der Waals surface area contributed by atoms with E-state index in [9.17, 15) is 14.7 Å². The highest BCUT2D eigenvalue weighted by Crippen LogP contribution is 2.42. The number of ether oxygens (including phenoxy) is 3. The molecular formula is C19H17NO6S. The van der Waals surface area contributed by atoms with Crippen molar-refractivity contribution >= 4 is 28.8 Å². The number of ketones is 1. The quantitative estimate of drug-likeness (QED) is 0.482. The second-order valence-electron chi connectivity index (χ2n) is 6.07. The number of carbonyl (C=O) groups is 2. The van der Waals surface area contributed by atoms with Gasteiger partial charge in [-0.05, 0) is 29.6 Å². The van der Waals surface area contributed by atoms with Crippen molar-refractivity contribution in [3.63, 3.8) is 0 Å². The average Bonchev–Trinajstić information content (AvgIpc) is 3.40. The Morgan fingerprint density at radius 1 is 1.30 bits per heavy atom. The summed E-state index contributed by atoms with van der Waals surface area (Å²) in [5, 5.41) is 12.8. The summed E-state index contributed by atoms with van der Waals surface area (Å²) in [6, 6.07) is 7.94. The fraction of sp³-hybridized carbons (Fsp3) is 0.263. The first-order chi connectivity index (χ1) is 13.1. The molecular weight excluding hydrogens is 370 g/mol. The Morgan fingerprint density at radius 3 is 2.85 bits per heavy atom. The normalized spacial score (nSPS) is 20.5. The number of rotatable bonds is 5. The maximum absolute atomic E-state index is 12.7. The zero-order valence-electron chi connectivity index (χ0n) is 14.5. The Morgan fingerprint density at radius 2 is 2.11 bits per heavy atom. The van der Waals surface area contributed by atoms with E-state index in [1.165, 1.54) is 23.3 Å². The molecule has 1 aromatic heterocycles. The summed E-state index contributed by atoms with van der Waals surface area (Å²) in [5.41, 5.74) is 0.461. The van der Waals surface area contributed by atoms with Gasteiger partial charge in [0.05, 0.1) is 18.2 Å². The van der Waals surface area contributed by atoms with Gasteiger partial charge in [-0.3, -0.25) is 9.59 Å². The number of aliphatic hydroxyl groups is 1. The van der Waals surface area contributed by atoms with Gasteiger partial charge in [-0.1, -0.05) is 6.07 Å². The van der Waals surface area contributed by atoms with Crippen LogP contribution in [0.25, 0.3) is 5.76 Å². The molecule has 0 spiro atoms.